The largest absolute Gasteiger partial charge is 0.466 e. The van der Waals surface area contributed by atoms with Crippen LogP contribution in [-0.2, 0) is 19.9 Å². The fourth-order valence-corrected chi connectivity index (χ4v) is 6.30. The Balaban J connectivity index is 1.32. The number of urea groups is 2. The van der Waals surface area contributed by atoms with E-state index in [1.54, 1.807) is 6.20 Å². The number of carbonyl (C=O) groups excluding carboxylic acids is 3. The molecule has 1 saturated heterocycles. The van der Waals surface area contributed by atoms with Gasteiger partial charge in [0.1, 0.15) is 11.6 Å². The molecule has 4 amide bonds. The molecule has 5 rings (SSSR count). The Labute approximate surface area is 247 Å². The van der Waals surface area contributed by atoms with Crippen molar-refractivity contribution in [2.24, 2.45) is 0 Å². The van der Waals surface area contributed by atoms with Gasteiger partial charge >= 0.3 is 18.0 Å². The van der Waals surface area contributed by atoms with Crippen LogP contribution in [0.2, 0.25) is 0 Å². The molecule has 11 nitrogen and oxygen atoms in total. The maximum atomic E-state index is 14.3. The summed E-state index contributed by atoms with van der Waals surface area (Å²) in [6, 6.07) is 5.28. The van der Waals surface area contributed by atoms with Gasteiger partial charge in [-0.2, -0.15) is 0 Å². The number of carbonyl (C=O) groups is 3. The van der Waals surface area contributed by atoms with Gasteiger partial charge in [0.25, 0.3) is 0 Å². The summed E-state index contributed by atoms with van der Waals surface area (Å²) < 4.78 is 38.2. The minimum atomic E-state index is -1.40. The van der Waals surface area contributed by atoms with E-state index in [0.29, 0.717) is 38.0 Å². The Morgan fingerprint density at radius 2 is 1.91 bits per heavy atom. The van der Waals surface area contributed by atoms with Gasteiger partial charge in [-0.05, 0) is 61.9 Å². The van der Waals surface area contributed by atoms with Gasteiger partial charge < -0.3 is 25.2 Å². The van der Waals surface area contributed by atoms with Crippen molar-refractivity contribution in [2.45, 2.75) is 55.8 Å². The third kappa shape index (κ3) is 6.24. The van der Waals surface area contributed by atoms with Gasteiger partial charge in [-0.3, -0.25) is 9.88 Å². The fraction of sp³-hybridized carbons (Fsp3) is 0.467. The number of imide groups is 1. The molecule has 2 aliphatic heterocycles. The van der Waals surface area contributed by atoms with E-state index in [0.717, 1.165) is 37.0 Å². The van der Waals surface area contributed by atoms with E-state index in [1.807, 2.05) is 18.2 Å². The molecule has 1 saturated carbocycles. The minimum absolute atomic E-state index is 0.00792. The van der Waals surface area contributed by atoms with Crippen LogP contribution in [0.4, 0.5) is 18.4 Å². The van der Waals surface area contributed by atoms with Crippen LogP contribution < -0.4 is 10.6 Å². The maximum absolute atomic E-state index is 14.3. The Morgan fingerprint density at radius 3 is 2.56 bits per heavy atom. The smallest absolute Gasteiger partial charge is 0.338 e. The zero-order valence-corrected chi connectivity index (χ0v) is 24.0. The summed E-state index contributed by atoms with van der Waals surface area (Å²) in [6.45, 7) is 1.04. The van der Waals surface area contributed by atoms with Crippen molar-refractivity contribution in [3.05, 3.63) is 76.8 Å². The summed E-state index contributed by atoms with van der Waals surface area (Å²) in [5.74, 6) is -3.18. The number of benzene rings is 1. The number of likely N-dealkylation sites (tertiary alicyclic amines) is 1. The molecule has 1 aliphatic carbocycles. The molecule has 3 N–H and O–H groups in total. The van der Waals surface area contributed by atoms with Crippen LogP contribution >= 0.6 is 0 Å². The average molecular weight is 600 g/mol. The van der Waals surface area contributed by atoms with Gasteiger partial charge in [-0.1, -0.05) is 12.1 Å². The lowest BCUT2D eigenvalue weighted by Crippen LogP contribution is -2.57. The number of hydrogen-bond donors (Lipinski definition) is 3. The maximum Gasteiger partial charge on any atom is 0.338 e. The zero-order chi connectivity index (χ0) is 30.7. The summed E-state index contributed by atoms with van der Waals surface area (Å²) in [7, 11) is 2.50. The number of pyridine rings is 1. The van der Waals surface area contributed by atoms with E-state index >= 15 is 0 Å². The summed E-state index contributed by atoms with van der Waals surface area (Å²) in [4.78, 5) is 47.3. The van der Waals surface area contributed by atoms with E-state index in [-0.39, 0.29) is 35.5 Å². The SMILES string of the molecule is COCC1=C(C(=O)OC)C(c2ccc(F)c(F)c2)N(C(=O)NC2CCN(C3CCC(O)(c4ccccn4)CC3)C2)C(=O)N1. The van der Waals surface area contributed by atoms with E-state index in [2.05, 4.69) is 20.5 Å². The Bertz CT molecular complexity index is 1400. The van der Waals surface area contributed by atoms with Gasteiger partial charge in [-0.15, -0.1) is 0 Å². The molecule has 2 fully saturated rings. The van der Waals surface area contributed by atoms with Gasteiger partial charge in [0.05, 0.1) is 30.7 Å². The Morgan fingerprint density at radius 1 is 1.14 bits per heavy atom. The Kier molecular flexibility index (Phi) is 9.04. The van der Waals surface area contributed by atoms with Crippen LogP contribution in [0.1, 0.15) is 49.4 Å². The third-order valence-electron chi connectivity index (χ3n) is 8.49. The van der Waals surface area contributed by atoms with E-state index in [4.69, 9.17) is 9.47 Å². The highest BCUT2D eigenvalue weighted by molar-refractivity contribution is 6.01. The second-order valence-corrected chi connectivity index (χ2v) is 11.1. The molecule has 0 radical (unpaired) electrons. The quantitative estimate of drug-likeness (QED) is 0.414. The molecule has 230 valence electrons. The number of nitrogens with zero attached hydrogens (tertiary/aromatic N) is 3. The van der Waals surface area contributed by atoms with Crippen molar-refractivity contribution in [3.8, 4) is 0 Å². The molecule has 2 unspecified atom stereocenters. The zero-order valence-electron chi connectivity index (χ0n) is 24.0. The highest BCUT2D eigenvalue weighted by Gasteiger charge is 2.45. The van der Waals surface area contributed by atoms with E-state index in [1.165, 1.54) is 13.2 Å². The van der Waals surface area contributed by atoms with Crippen LogP contribution in [-0.4, -0.2) is 83.9 Å². The fourth-order valence-electron chi connectivity index (χ4n) is 6.30. The van der Waals surface area contributed by atoms with E-state index < -0.39 is 41.3 Å². The first-order valence-electron chi connectivity index (χ1n) is 14.2. The summed E-state index contributed by atoms with van der Waals surface area (Å²) in [5, 5.41) is 16.6. The number of aliphatic hydroxyl groups is 1. The summed E-state index contributed by atoms with van der Waals surface area (Å²) >= 11 is 0. The lowest BCUT2D eigenvalue weighted by atomic mass is 9.79. The number of amides is 4. The molecule has 1 aromatic carbocycles. The lowest BCUT2D eigenvalue weighted by molar-refractivity contribution is -0.137. The van der Waals surface area contributed by atoms with Crippen molar-refractivity contribution < 1.29 is 37.7 Å². The predicted octanol–water partition coefficient (Wildman–Crippen LogP) is 3.11. The van der Waals surface area contributed by atoms with Crippen LogP contribution in [0.3, 0.4) is 0 Å². The predicted molar refractivity (Wildman–Crippen MR) is 149 cm³/mol. The summed E-state index contributed by atoms with van der Waals surface area (Å²) in [5.41, 5.74) is -0.374. The molecule has 0 spiro atoms. The van der Waals surface area contributed by atoms with Crippen molar-refractivity contribution in [1.82, 2.24) is 25.4 Å². The molecule has 3 aliphatic rings. The number of halogens is 2. The van der Waals surface area contributed by atoms with Crippen molar-refractivity contribution >= 4 is 18.0 Å². The number of hydrogen-bond acceptors (Lipinski definition) is 8. The molecule has 1 aromatic heterocycles. The molecule has 43 heavy (non-hydrogen) atoms. The van der Waals surface area contributed by atoms with Crippen molar-refractivity contribution in [3.63, 3.8) is 0 Å². The first-order chi connectivity index (χ1) is 20.6. The van der Waals surface area contributed by atoms with Crippen molar-refractivity contribution in [1.29, 1.82) is 0 Å². The van der Waals surface area contributed by atoms with Crippen LogP contribution in [0.5, 0.6) is 0 Å². The van der Waals surface area contributed by atoms with Gasteiger partial charge in [0, 0.05) is 38.5 Å². The number of aromatic nitrogens is 1. The molecule has 3 heterocycles. The monoisotopic (exact) mass is 599 g/mol. The molecule has 0 bridgehead atoms. The van der Waals surface area contributed by atoms with Crippen LogP contribution in [0, 0.1) is 11.6 Å². The van der Waals surface area contributed by atoms with Crippen LogP contribution in [0.15, 0.2) is 53.9 Å². The Hall–Kier alpha value is -3.94. The topological polar surface area (TPSA) is 133 Å². The van der Waals surface area contributed by atoms with E-state index in [9.17, 15) is 28.3 Å². The lowest BCUT2D eigenvalue weighted by Gasteiger charge is -2.39. The summed E-state index contributed by atoms with van der Waals surface area (Å²) in [6.07, 6.45) is 4.95. The number of ether oxygens (including phenoxy) is 2. The third-order valence-corrected chi connectivity index (χ3v) is 8.49. The van der Waals surface area contributed by atoms with Gasteiger partial charge in [0.15, 0.2) is 11.6 Å². The average Bonchev–Trinajstić information content (AvgIpc) is 3.47. The molecule has 2 atom stereocenters. The molecular formula is C30H35F2N5O6. The number of rotatable bonds is 7. The highest BCUT2D eigenvalue weighted by atomic mass is 19.2. The second-order valence-electron chi connectivity index (χ2n) is 11.1. The standard InChI is InChI=1S/C30H35F2N5O6/c1-42-17-23-25(27(38)43-2)26(18-6-7-21(31)22(32)15-18)37(29(40)35-23)28(39)34-19-10-14-36(16-19)20-8-11-30(41,12-9-20)24-5-3-4-13-33-24/h3-7,13,15,19-20,26,41H,8-12,14,16-17H2,1-2H3,(H,34,39)(H,35,40). The molecular weight excluding hydrogens is 564 g/mol. The molecule has 13 heteroatoms. The van der Waals surface area contributed by atoms with Gasteiger partial charge in [-0.25, -0.2) is 28.1 Å². The number of methoxy groups -OCH3 is 2. The van der Waals surface area contributed by atoms with Crippen LogP contribution in [0.25, 0.3) is 0 Å². The first kappa shape index (κ1) is 30.5. The van der Waals surface area contributed by atoms with Crippen molar-refractivity contribution in [2.75, 3.05) is 33.9 Å². The first-order valence-corrected chi connectivity index (χ1v) is 14.2. The highest BCUT2D eigenvalue weighted by Crippen LogP contribution is 2.39. The molecule has 2 aromatic rings. The number of esters is 1. The van der Waals surface area contributed by atoms with Gasteiger partial charge in [0.2, 0.25) is 0 Å². The number of nitrogens with one attached hydrogen (secondary N) is 2. The normalized spacial score (nSPS) is 26.3. The minimum Gasteiger partial charge on any atom is -0.466 e. The second kappa shape index (κ2) is 12.7.